The van der Waals surface area contributed by atoms with Crippen LogP contribution in [0.25, 0.3) is 0 Å². The Hall–Kier alpha value is -0.910. The lowest BCUT2D eigenvalue weighted by Crippen LogP contribution is -2.36. The van der Waals surface area contributed by atoms with Gasteiger partial charge in [-0.25, -0.2) is 13.1 Å². The van der Waals surface area contributed by atoms with Crippen molar-refractivity contribution in [1.29, 1.82) is 0 Å². The van der Waals surface area contributed by atoms with Crippen LogP contribution in [-0.2, 0) is 10.0 Å². The topological polar surface area (TPSA) is 72.2 Å². The zero-order chi connectivity index (χ0) is 13.8. The number of hydrogen-bond donors (Lipinski definition) is 2. The Morgan fingerprint density at radius 2 is 2.00 bits per heavy atom. The van der Waals surface area contributed by atoms with E-state index >= 15 is 0 Å². The summed E-state index contributed by atoms with van der Waals surface area (Å²) in [5.74, 6) is 0. The fourth-order valence-corrected chi connectivity index (χ4v) is 3.51. The molecule has 0 radical (unpaired) electrons. The maximum Gasteiger partial charge on any atom is 0.241 e. The lowest BCUT2D eigenvalue weighted by atomic mass is 10.2. The van der Waals surface area contributed by atoms with Crippen LogP contribution in [0.2, 0.25) is 0 Å². The summed E-state index contributed by atoms with van der Waals surface area (Å²) >= 11 is 0. The predicted molar refractivity (Wildman–Crippen MR) is 74.0 cm³/mol. The molecule has 0 fully saturated rings. The summed E-state index contributed by atoms with van der Waals surface area (Å²) in [6, 6.07) is 5.34. The van der Waals surface area contributed by atoms with Gasteiger partial charge in [0.15, 0.2) is 0 Å². The van der Waals surface area contributed by atoms with Gasteiger partial charge in [-0.15, -0.1) is 0 Å². The number of hydrogen-bond acceptors (Lipinski definition) is 3. The number of aryl methyl sites for hydroxylation is 2. The Bertz CT molecular complexity index is 498. The van der Waals surface area contributed by atoms with Crippen LogP contribution < -0.4 is 10.5 Å². The number of nitrogens with one attached hydrogen (secondary N) is 1. The number of sulfonamides is 1. The summed E-state index contributed by atoms with van der Waals surface area (Å²) in [6.45, 7) is 6.12. The Kier molecular flexibility index (Phi) is 5.31. The second-order valence-corrected chi connectivity index (χ2v) is 6.26. The summed E-state index contributed by atoms with van der Waals surface area (Å²) in [5, 5.41) is 0. The minimum absolute atomic E-state index is 0.0973. The van der Waals surface area contributed by atoms with Crippen molar-refractivity contribution in [2.45, 2.75) is 44.6 Å². The van der Waals surface area contributed by atoms with E-state index in [2.05, 4.69) is 4.72 Å². The molecular weight excluding hydrogens is 248 g/mol. The molecule has 0 amide bonds. The fourth-order valence-electron chi connectivity index (χ4n) is 1.83. The summed E-state index contributed by atoms with van der Waals surface area (Å²) in [5.41, 5.74) is 7.18. The van der Waals surface area contributed by atoms with Crippen molar-refractivity contribution >= 4 is 10.0 Å². The highest BCUT2D eigenvalue weighted by Gasteiger charge is 2.20. The van der Waals surface area contributed by atoms with Gasteiger partial charge >= 0.3 is 0 Å². The predicted octanol–water partition coefficient (Wildman–Crippen LogP) is 1.71. The molecule has 4 nitrogen and oxygen atoms in total. The van der Waals surface area contributed by atoms with Gasteiger partial charge in [0, 0.05) is 6.04 Å². The van der Waals surface area contributed by atoms with Crippen LogP contribution in [0.1, 0.15) is 30.9 Å². The molecule has 102 valence electrons. The Morgan fingerprint density at radius 1 is 1.33 bits per heavy atom. The molecule has 3 N–H and O–H groups in total. The maximum atomic E-state index is 12.3. The molecule has 0 heterocycles. The molecule has 1 rings (SSSR count). The highest BCUT2D eigenvalue weighted by Crippen LogP contribution is 2.17. The summed E-state index contributed by atoms with van der Waals surface area (Å²) < 4.78 is 27.3. The molecule has 18 heavy (non-hydrogen) atoms. The second-order valence-electron chi connectivity index (χ2n) is 4.57. The van der Waals surface area contributed by atoms with Gasteiger partial charge in [-0.2, -0.15) is 0 Å². The average Bonchev–Trinajstić information content (AvgIpc) is 2.31. The summed E-state index contributed by atoms with van der Waals surface area (Å²) in [7, 11) is -3.45. The van der Waals surface area contributed by atoms with Gasteiger partial charge in [-0.3, -0.25) is 0 Å². The highest BCUT2D eigenvalue weighted by molar-refractivity contribution is 7.89. The van der Waals surface area contributed by atoms with Crippen LogP contribution in [0.15, 0.2) is 23.1 Å². The van der Waals surface area contributed by atoms with Crippen molar-refractivity contribution in [3.8, 4) is 0 Å². The Labute approximate surface area is 110 Å². The maximum absolute atomic E-state index is 12.3. The summed E-state index contributed by atoms with van der Waals surface area (Å²) in [4.78, 5) is 0.359. The molecule has 0 aliphatic heterocycles. The molecule has 1 atom stereocenters. The molecule has 1 aromatic rings. The second kappa shape index (κ2) is 6.31. The average molecular weight is 270 g/mol. The van der Waals surface area contributed by atoms with Crippen LogP contribution in [0.5, 0.6) is 0 Å². The quantitative estimate of drug-likeness (QED) is 0.826. The van der Waals surface area contributed by atoms with Crippen molar-refractivity contribution in [1.82, 2.24) is 4.72 Å². The lowest BCUT2D eigenvalue weighted by Gasteiger charge is -2.17. The van der Waals surface area contributed by atoms with E-state index in [-0.39, 0.29) is 6.04 Å². The molecule has 0 saturated carbocycles. The molecule has 0 aliphatic rings. The number of benzene rings is 1. The molecule has 0 saturated heterocycles. The highest BCUT2D eigenvalue weighted by atomic mass is 32.2. The van der Waals surface area contributed by atoms with Gasteiger partial charge in [0.25, 0.3) is 0 Å². The van der Waals surface area contributed by atoms with Crippen LogP contribution in [0.4, 0.5) is 0 Å². The van der Waals surface area contributed by atoms with E-state index < -0.39 is 10.0 Å². The van der Waals surface area contributed by atoms with E-state index in [4.69, 9.17) is 5.73 Å². The molecule has 5 heteroatoms. The lowest BCUT2D eigenvalue weighted by molar-refractivity contribution is 0.520. The van der Waals surface area contributed by atoms with E-state index in [0.29, 0.717) is 17.9 Å². The van der Waals surface area contributed by atoms with Gasteiger partial charge in [0.05, 0.1) is 4.90 Å². The first-order valence-corrected chi connectivity index (χ1v) is 7.68. The van der Waals surface area contributed by atoms with E-state index in [1.54, 1.807) is 13.0 Å². The van der Waals surface area contributed by atoms with Crippen LogP contribution in [-0.4, -0.2) is 21.0 Å². The molecule has 0 aliphatic carbocycles. The largest absolute Gasteiger partial charge is 0.330 e. The van der Waals surface area contributed by atoms with E-state index in [9.17, 15) is 8.42 Å². The van der Waals surface area contributed by atoms with Crippen molar-refractivity contribution in [2.75, 3.05) is 6.54 Å². The molecule has 0 aromatic heterocycles. The van der Waals surface area contributed by atoms with Crippen LogP contribution in [0.3, 0.4) is 0 Å². The van der Waals surface area contributed by atoms with Gasteiger partial charge < -0.3 is 5.73 Å². The monoisotopic (exact) mass is 270 g/mol. The minimum atomic E-state index is -3.45. The van der Waals surface area contributed by atoms with Gasteiger partial charge in [0.1, 0.15) is 0 Å². The van der Waals surface area contributed by atoms with Gasteiger partial charge in [0.2, 0.25) is 10.0 Å². The molecular formula is C13H22N2O2S. The third-order valence-electron chi connectivity index (χ3n) is 2.96. The fraction of sp³-hybridized carbons (Fsp3) is 0.538. The zero-order valence-electron chi connectivity index (χ0n) is 11.2. The molecule has 0 bridgehead atoms. The van der Waals surface area contributed by atoms with E-state index in [1.165, 1.54) is 0 Å². The van der Waals surface area contributed by atoms with Gasteiger partial charge in [-0.1, -0.05) is 19.1 Å². The third kappa shape index (κ3) is 3.80. The number of nitrogens with two attached hydrogens (primary N) is 1. The first kappa shape index (κ1) is 15.1. The Balaban J connectivity index is 3.02. The van der Waals surface area contributed by atoms with Crippen molar-refractivity contribution in [3.63, 3.8) is 0 Å². The smallest absolute Gasteiger partial charge is 0.241 e. The standard InChI is InChI=1S/C13H22N2O2S/c1-4-12(7-8-14)15-18(16,17)13-9-10(2)5-6-11(13)3/h5-6,9,12,15H,4,7-8,14H2,1-3H3. The van der Waals surface area contributed by atoms with E-state index in [0.717, 1.165) is 17.5 Å². The molecule has 1 aromatic carbocycles. The van der Waals surface area contributed by atoms with Crippen molar-refractivity contribution < 1.29 is 8.42 Å². The Morgan fingerprint density at radius 3 is 2.56 bits per heavy atom. The SMILES string of the molecule is CCC(CCN)NS(=O)(=O)c1cc(C)ccc1C. The third-order valence-corrected chi connectivity index (χ3v) is 4.63. The normalized spacial score (nSPS) is 13.6. The van der Waals surface area contributed by atoms with Crippen LogP contribution in [0, 0.1) is 13.8 Å². The van der Waals surface area contributed by atoms with Crippen molar-refractivity contribution in [3.05, 3.63) is 29.3 Å². The van der Waals surface area contributed by atoms with Gasteiger partial charge in [-0.05, 0) is 50.4 Å². The van der Waals surface area contributed by atoms with Crippen LogP contribution >= 0.6 is 0 Å². The zero-order valence-corrected chi connectivity index (χ0v) is 12.0. The van der Waals surface area contributed by atoms with E-state index in [1.807, 2.05) is 26.0 Å². The van der Waals surface area contributed by atoms with Crippen molar-refractivity contribution in [2.24, 2.45) is 5.73 Å². The molecule has 0 spiro atoms. The number of rotatable bonds is 6. The molecule has 1 unspecified atom stereocenters. The first-order valence-electron chi connectivity index (χ1n) is 6.20. The minimum Gasteiger partial charge on any atom is -0.330 e. The summed E-state index contributed by atoms with van der Waals surface area (Å²) in [6.07, 6.45) is 1.39. The first-order chi connectivity index (χ1) is 8.40.